The molecule has 3 N–H and O–H groups in total. The first-order chi connectivity index (χ1) is 9.88. The molecule has 0 spiro atoms. The average Bonchev–Trinajstić information content (AvgIpc) is 2.43. The fourth-order valence-corrected chi connectivity index (χ4v) is 1.97. The number of benzene rings is 2. The highest BCUT2D eigenvalue weighted by Gasteiger charge is 2.14. The Balaban J connectivity index is 2.33. The summed E-state index contributed by atoms with van der Waals surface area (Å²) in [5.74, 6) is -1.69. The van der Waals surface area contributed by atoms with Crippen molar-refractivity contribution in [2.45, 2.75) is 6.92 Å². The van der Waals surface area contributed by atoms with Crippen molar-refractivity contribution in [3.63, 3.8) is 0 Å². The molecule has 2 aromatic carbocycles. The Bertz CT molecular complexity index is 728. The Morgan fingerprint density at radius 2 is 1.86 bits per heavy atom. The highest BCUT2D eigenvalue weighted by atomic mass is 35.5. The lowest BCUT2D eigenvalue weighted by atomic mass is 10.1. The Hall–Kier alpha value is -2.53. The summed E-state index contributed by atoms with van der Waals surface area (Å²) in [7, 11) is 0. The molecule has 0 radical (unpaired) electrons. The summed E-state index contributed by atoms with van der Waals surface area (Å²) in [5.41, 5.74) is 1.26. The zero-order valence-electron chi connectivity index (χ0n) is 11.1. The van der Waals surface area contributed by atoms with E-state index in [0.717, 1.165) is 0 Å². The Morgan fingerprint density at radius 1 is 1.14 bits per heavy atom. The van der Waals surface area contributed by atoms with Crippen LogP contribution in [0, 0.1) is 6.92 Å². The van der Waals surface area contributed by atoms with E-state index >= 15 is 0 Å². The van der Waals surface area contributed by atoms with Gasteiger partial charge in [-0.1, -0.05) is 17.7 Å². The van der Waals surface area contributed by atoms with E-state index in [-0.39, 0.29) is 21.9 Å². The maximum atomic E-state index is 12.2. The van der Waals surface area contributed by atoms with Crippen molar-refractivity contribution in [1.82, 2.24) is 0 Å². The van der Waals surface area contributed by atoms with Crippen LogP contribution in [0.15, 0.2) is 36.4 Å². The number of aromatic hydroxyl groups is 1. The minimum Gasteiger partial charge on any atom is -0.508 e. The molecule has 6 heteroatoms. The molecule has 1 amide bonds. The minimum absolute atomic E-state index is 0.0675. The van der Waals surface area contributed by atoms with Crippen molar-refractivity contribution in [2.24, 2.45) is 0 Å². The predicted octanol–water partition coefficient (Wildman–Crippen LogP) is 3.30. The molecule has 0 unspecified atom stereocenters. The summed E-state index contributed by atoms with van der Waals surface area (Å²) >= 11 is 5.91. The average molecular weight is 306 g/mol. The quantitative estimate of drug-likeness (QED) is 0.812. The third-order valence-electron chi connectivity index (χ3n) is 2.93. The third kappa shape index (κ3) is 3.32. The first-order valence-electron chi connectivity index (χ1n) is 6.02. The smallest absolute Gasteiger partial charge is 0.335 e. The Kier molecular flexibility index (Phi) is 4.14. The van der Waals surface area contributed by atoms with Crippen LogP contribution in [0.25, 0.3) is 0 Å². The highest BCUT2D eigenvalue weighted by molar-refractivity contribution is 6.34. The van der Waals surface area contributed by atoms with Gasteiger partial charge in [0.2, 0.25) is 0 Å². The van der Waals surface area contributed by atoms with Crippen LogP contribution in [0.4, 0.5) is 5.69 Å². The minimum atomic E-state index is -1.08. The molecule has 2 rings (SSSR count). The second kappa shape index (κ2) is 5.85. The van der Waals surface area contributed by atoms with Gasteiger partial charge in [-0.2, -0.15) is 0 Å². The molecule has 0 aromatic heterocycles. The van der Waals surface area contributed by atoms with E-state index in [1.807, 2.05) is 0 Å². The summed E-state index contributed by atoms with van der Waals surface area (Å²) in [6, 6.07) is 8.44. The molecular formula is C15H12ClNO4. The zero-order chi connectivity index (χ0) is 15.6. The van der Waals surface area contributed by atoms with Gasteiger partial charge in [0.05, 0.1) is 16.1 Å². The summed E-state index contributed by atoms with van der Waals surface area (Å²) in [6.45, 7) is 1.74. The second-order valence-electron chi connectivity index (χ2n) is 4.45. The number of aromatic carboxylic acids is 1. The fraction of sp³-hybridized carbons (Fsp3) is 0.0667. The maximum Gasteiger partial charge on any atom is 0.335 e. The molecule has 0 saturated heterocycles. The van der Waals surface area contributed by atoms with E-state index in [1.165, 1.54) is 30.3 Å². The number of phenolic OH excluding ortho intramolecular Hbond substituents is 1. The first kappa shape index (κ1) is 14.9. The summed E-state index contributed by atoms with van der Waals surface area (Å²) in [6.07, 6.45) is 0. The topological polar surface area (TPSA) is 86.6 Å². The normalized spacial score (nSPS) is 10.2. The molecule has 0 aliphatic carbocycles. The molecule has 0 atom stereocenters. The zero-order valence-corrected chi connectivity index (χ0v) is 11.8. The molecule has 0 heterocycles. The monoisotopic (exact) mass is 305 g/mol. The number of phenols is 1. The summed E-state index contributed by atoms with van der Waals surface area (Å²) in [5, 5.41) is 21.2. The number of carbonyl (C=O) groups is 2. The third-order valence-corrected chi connectivity index (χ3v) is 3.26. The number of carbonyl (C=O) groups excluding carboxylic acids is 1. The number of anilines is 1. The number of halogens is 1. The number of rotatable bonds is 3. The van der Waals surface area contributed by atoms with Gasteiger partial charge in [-0.3, -0.25) is 4.79 Å². The lowest BCUT2D eigenvalue weighted by Crippen LogP contribution is -2.14. The SMILES string of the molecule is Cc1ccc(C(=O)O)cc1NC(=O)c1cc(O)ccc1Cl. The molecule has 0 saturated carbocycles. The van der Waals surface area contributed by atoms with Crippen LogP contribution >= 0.6 is 11.6 Å². The van der Waals surface area contributed by atoms with Crippen molar-refractivity contribution < 1.29 is 19.8 Å². The maximum absolute atomic E-state index is 12.2. The molecule has 0 aliphatic rings. The fourth-order valence-electron chi connectivity index (χ4n) is 1.77. The lowest BCUT2D eigenvalue weighted by molar-refractivity contribution is 0.0696. The molecule has 0 bridgehead atoms. The number of nitrogens with one attached hydrogen (secondary N) is 1. The number of aryl methyl sites for hydroxylation is 1. The van der Waals surface area contributed by atoms with Gasteiger partial charge in [-0.15, -0.1) is 0 Å². The van der Waals surface area contributed by atoms with Gasteiger partial charge >= 0.3 is 5.97 Å². The molecule has 21 heavy (non-hydrogen) atoms. The van der Waals surface area contributed by atoms with Gasteiger partial charge in [0, 0.05) is 5.69 Å². The standard InChI is InChI=1S/C15H12ClNO4/c1-8-2-3-9(15(20)21)6-13(8)17-14(19)11-7-10(18)4-5-12(11)16/h2-7,18H,1H3,(H,17,19)(H,20,21). The van der Waals surface area contributed by atoms with Gasteiger partial charge in [-0.25, -0.2) is 4.79 Å². The van der Waals surface area contributed by atoms with Crippen molar-refractivity contribution in [2.75, 3.05) is 5.32 Å². The summed E-state index contributed by atoms with van der Waals surface area (Å²) < 4.78 is 0. The van der Waals surface area contributed by atoms with Crippen LogP contribution in [-0.4, -0.2) is 22.1 Å². The van der Waals surface area contributed by atoms with Crippen molar-refractivity contribution in [1.29, 1.82) is 0 Å². The summed E-state index contributed by atoms with van der Waals surface area (Å²) in [4.78, 5) is 23.1. The molecule has 108 valence electrons. The van der Waals surface area contributed by atoms with Crippen molar-refractivity contribution in [3.8, 4) is 5.75 Å². The number of hydrogen-bond donors (Lipinski definition) is 3. The highest BCUT2D eigenvalue weighted by Crippen LogP contribution is 2.24. The molecule has 5 nitrogen and oxygen atoms in total. The lowest BCUT2D eigenvalue weighted by Gasteiger charge is -2.10. The molecule has 0 fully saturated rings. The van der Waals surface area contributed by atoms with E-state index in [9.17, 15) is 14.7 Å². The van der Waals surface area contributed by atoms with Gasteiger partial charge in [0.1, 0.15) is 5.75 Å². The van der Waals surface area contributed by atoms with Gasteiger partial charge in [0.25, 0.3) is 5.91 Å². The van der Waals surface area contributed by atoms with Crippen LogP contribution in [0.3, 0.4) is 0 Å². The molecule has 2 aromatic rings. The van der Waals surface area contributed by atoms with E-state index in [1.54, 1.807) is 13.0 Å². The van der Waals surface area contributed by atoms with E-state index < -0.39 is 11.9 Å². The van der Waals surface area contributed by atoms with Gasteiger partial charge < -0.3 is 15.5 Å². The van der Waals surface area contributed by atoms with Gasteiger partial charge in [0.15, 0.2) is 0 Å². The van der Waals surface area contributed by atoms with Crippen molar-refractivity contribution in [3.05, 3.63) is 58.1 Å². The van der Waals surface area contributed by atoms with Gasteiger partial charge in [-0.05, 0) is 42.8 Å². The molecule has 0 aliphatic heterocycles. The largest absolute Gasteiger partial charge is 0.508 e. The van der Waals surface area contributed by atoms with E-state index in [4.69, 9.17) is 16.7 Å². The number of carboxylic acid groups (broad SMARTS) is 1. The van der Waals surface area contributed by atoms with Crippen LogP contribution < -0.4 is 5.32 Å². The van der Waals surface area contributed by atoms with Crippen LogP contribution in [0.2, 0.25) is 5.02 Å². The first-order valence-corrected chi connectivity index (χ1v) is 6.40. The number of hydrogen-bond acceptors (Lipinski definition) is 3. The van der Waals surface area contributed by atoms with Crippen molar-refractivity contribution >= 4 is 29.2 Å². The molecular weight excluding hydrogens is 294 g/mol. The van der Waals surface area contributed by atoms with E-state index in [0.29, 0.717) is 11.3 Å². The number of amides is 1. The Labute approximate surface area is 125 Å². The number of carboxylic acids is 1. The second-order valence-corrected chi connectivity index (χ2v) is 4.86. The predicted molar refractivity (Wildman–Crippen MR) is 79.2 cm³/mol. The van der Waals surface area contributed by atoms with E-state index in [2.05, 4.69) is 5.32 Å². The Morgan fingerprint density at radius 3 is 2.52 bits per heavy atom. The van der Waals surface area contributed by atoms with Crippen LogP contribution in [0.1, 0.15) is 26.3 Å². The van der Waals surface area contributed by atoms with Crippen LogP contribution in [0.5, 0.6) is 5.75 Å². The van der Waals surface area contributed by atoms with Crippen LogP contribution in [-0.2, 0) is 0 Å².